The minimum absolute atomic E-state index is 0.257. The van der Waals surface area contributed by atoms with Gasteiger partial charge >= 0.3 is 0 Å². The minimum Gasteiger partial charge on any atom is -0.368 e. The van der Waals surface area contributed by atoms with Gasteiger partial charge in [0, 0.05) is 6.61 Å². The molecule has 0 fully saturated rings. The summed E-state index contributed by atoms with van der Waals surface area (Å²) < 4.78 is 5.47. The second kappa shape index (κ2) is 7.81. The molecule has 17 heavy (non-hydrogen) atoms. The molecule has 0 bridgehead atoms. The number of nitrogens with two attached hydrogens (primary N) is 1. The first-order valence-corrected chi connectivity index (χ1v) is 5.94. The fourth-order valence-corrected chi connectivity index (χ4v) is 1.62. The van der Waals surface area contributed by atoms with Crippen LogP contribution in [0.1, 0.15) is 25.3 Å². The molecule has 4 nitrogen and oxygen atoms in total. The highest BCUT2D eigenvalue weighted by Crippen LogP contribution is 2.04. The number of carbonyl (C=O) groups excluding carboxylic acids is 1. The van der Waals surface area contributed by atoms with Gasteiger partial charge in [-0.05, 0) is 24.8 Å². The largest absolute Gasteiger partial charge is 0.368 e. The molecular formula is C13H20N2O2. The van der Waals surface area contributed by atoms with Crippen molar-refractivity contribution < 1.29 is 9.53 Å². The van der Waals surface area contributed by atoms with E-state index in [2.05, 4.69) is 17.6 Å². The molecule has 0 saturated carbocycles. The van der Waals surface area contributed by atoms with Crippen LogP contribution in [-0.4, -0.2) is 18.6 Å². The topological polar surface area (TPSA) is 64.3 Å². The number of hydrogen-bond acceptors (Lipinski definition) is 3. The Bertz CT molecular complexity index is 327. The number of rotatable bonds is 7. The summed E-state index contributed by atoms with van der Waals surface area (Å²) >= 11 is 0. The van der Waals surface area contributed by atoms with Crippen LogP contribution in [0.5, 0.6) is 0 Å². The summed E-state index contributed by atoms with van der Waals surface area (Å²) in [7, 11) is 0. The van der Waals surface area contributed by atoms with Crippen molar-refractivity contribution in [3.8, 4) is 0 Å². The van der Waals surface area contributed by atoms with Crippen molar-refractivity contribution >= 4 is 5.91 Å². The highest BCUT2D eigenvalue weighted by Gasteiger charge is 2.14. The Morgan fingerprint density at radius 3 is 2.71 bits per heavy atom. The number of hydrazine groups is 1. The van der Waals surface area contributed by atoms with E-state index in [9.17, 15) is 4.79 Å². The van der Waals surface area contributed by atoms with Crippen molar-refractivity contribution in [2.75, 3.05) is 6.61 Å². The second-order valence-corrected chi connectivity index (χ2v) is 3.87. The number of carbonyl (C=O) groups is 1. The number of benzene rings is 1. The molecule has 1 aromatic rings. The number of amides is 1. The summed E-state index contributed by atoms with van der Waals surface area (Å²) in [5.74, 6) is 4.81. The number of aryl methyl sites for hydroxylation is 1. The molecule has 94 valence electrons. The molecule has 0 heterocycles. The Morgan fingerprint density at radius 1 is 1.41 bits per heavy atom. The summed E-state index contributed by atoms with van der Waals surface area (Å²) in [6.07, 6.45) is 2.06. The van der Waals surface area contributed by atoms with Gasteiger partial charge < -0.3 is 4.74 Å². The van der Waals surface area contributed by atoms with Gasteiger partial charge in [0.2, 0.25) is 0 Å². The van der Waals surface area contributed by atoms with Gasteiger partial charge in [-0.25, -0.2) is 5.84 Å². The van der Waals surface area contributed by atoms with Crippen molar-refractivity contribution in [3.63, 3.8) is 0 Å². The van der Waals surface area contributed by atoms with Gasteiger partial charge in [0.15, 0.2) is 0 Å². The Morgan fingerprint density at radius 2 is 2.12 bits per heavy atom. The Hall–Kier alpha value is -1.39. The van der Waals surface area contributed by atoms with E-state index in [0.29, 0.717) is 13.0 Å². The molecule has 0 spiro atoms. The van der Waals surface area contributed by atoms with Crippen molar-refractivity contribution in [2.24, 2.45) is 5.84 Å². The average Bonchev–Trinajstić information content (AvgIpc) is 2.39. The molecular weight excluding hydrogens is 216 g/mol. The lowest BCUT2D eigenvalue weighted by Crippen LogP contribution is -2.40. The molecule has 0 aliphatic heterocycles. The third-order valence-electron chi connectivity index (χ3n) is 2.58. The Kier molecular flexibility index (Phi) is 6.29. The van der Waals surface area contributed by atoms with Crippen LogP contribution in [0, 0.1) is 0 Å². The molecule has 0 saturated heterocycles. The van der Waals surface area contributed by atoms with Gasteiger partial charge in [-0.2, -0.15) is 0 Å². The van der Waals surface area contributed by atoms with Gasteiger partial charge in [-0.3, -0.25) is 10.2 Å². The molecule has 1 unspecified atom stereocenters. The number of ether oxygens (including phenoxy) is 1. The van der Waals surface area contributed by atoms with Crippen molar-refractivity contribution in [2.45, 2.75) is 32.3 Å². The van der Waals surface area contributed by atoms with E-state index < -0.39 is 6.10 Å². The van der Waals surface area contributed by atoms with E-state index in [1.54, 1.807) is 0 Å². The van der Waals surface area contributed by atoms with Crippen molar-refractivity contribution in [1.82, 2.24) is 5.43 Å². The molecule has 0 aliphatic carbocycles. The normalized spacial score (nSPS) is 12.1. The van der Waals surface area contributed by atoms with Gasteiger partial charge in [0.25, 0.3) is 5.91 Å². The van der Waals surface area contributed by atoms with Gasteiger partial charge in [0.1, 0.15) is 6.10 Å². The summed E-state index contributed by atoms with van der Waals surface area (Å²) in [6, 6.07) is 10.2. The first-order valence-electron chi connectivity index (χ1n) is 5.94. The maximum Gasteiger partial charge on any atom is 0.262 e. The predicted octanol–water partition coefficient (Wildman–Crippen LogP) is 1.40. The fraction of sp³-hybridized carbons (Fsp3) is 0.462. The van der Waals surface area contributed by atoms with E-state index in [-0.39, 0.29) is 5.91 Å². The Labute approximate surface area is 102 Å². The highest BCUT2D eigenvalue weighted by molar-refractivity contribution is 5.79. The molecule has 1 rings (SSSR count). The molecule has 1 atom stereocenters. The second-order valence-electron chi connectivity index (χ2n) is 3.87. The third-order valence-corrected chi connectivity index (χ3v) is 2.58. The maximum absolute atomic E-state index is 11.2. The van der Waals surface area contributed by atoms with Crippen LogP contribution in [-0.2, 0) is 16.0 Å². The smallest absolute Gasteiger partial charge is 0.262 e. The molecule has 1 aromatic carbocycles. The first-order chi connectivity index (χ1) is 8.27. The van der Waals surface area contributed by atoms with Crippen molar-refractivity contribution in [1.29, 1.82) is 0 Å². The van der Waals surface area contributed by atoms with E-state index >= 15 is 0 Å². The molecule has 4 heteroatoms. The molecule has 3 N–H and O–H groups in total. The van der Waals surface area contributed by atoms with Crippen LogP contribution >= 0.6 is 0 Å². The van der Waals surface area contributed by atoms with Crippen LogP contribution in [0.25, 0.3) is 0 Å². The minimum atomic E-state index is -0.434. The van der Waals surface area contributed by atoms with E-state index in [0.717, 1.165) is 12.8 Å². The van der Waals surface area contributed by atoms with E-state index in [1.807, 2.05) is 25.1 Å². The monoisotopic (exact) mass is 236 g/mol. The lowest BCUT2D eigenvalue weighted by atomic mass is 10.1. The molecule has 0 radical (unpaired) electrons. The van der Waals surface area contributed by atoms with Crippen LogP contribution in [0.4, 0.5) is 0 Å². The van der Waals surface area contributed by atoms with Gasteiger partial charge in [-0.15, -0.1) is 0 Å². The maximum atomic E-state index is 11.2. The van der Waals surface area contributed by atoms with Crippen molar-refractivity contribution in [3.05, 3.63) is 35.9 Å². The van der Waals surface area contributed by atoms with Gasteiger partial charge in [0.05, 0.1) is 0 Å². The van der Waals surface area contributed by atoms with Crippen LogP contribution in [0.3, 0.4) is 0 Å². The lowest BCUT2D eigenvalue weighted by molar-refractivity contribution is -0.133. The fourth-order valence-electron chi connectivity index (χ4n) is 1.62. The third kappa shape index (κ3) is 4.97. The predicted molar refractivity (Wildman–Crippen MR) is 67.1 cm³/mol. The first kappa shape index (κ1) is 13.7. The summed E-state index contributed by atoms with van der Waals surface area (Å²) in [5, 5.41) is 0. The SMILES string of the molecule is CCC(OCCCc1ccccc1)C(=O)NN. The van der Waals surface area contributed by atoms with Crippen LogP contribution in [0.2, 0.25) is 0 Å². The zero-order valence-electron chi connectivity index (χ0n) is 10.2. The molecule has 0 aromatic heterocycles. The quantitative estimate of drug-likeness (QED) is 0.325. The summed E-state index contributed by atoms with van der Waals surface area (Å²) in [4.78, 5) is 11.2. The molecule has 0 aliphatic rings. The summed E-state index contributed by atoms with van der Waals surface area (Å²) in [6.45, 7) is 2.47. The molecule has 1 amide bonds. The van der Waals surface area contributed by atoms with E-state index in [1.165, 1.54) is 5.56 Å². The van der Waals surface area contributed by atoms with Crippen LogP contribution < -0.4 is 11.3 Å². The Balaban J connectivity index is 2.21. The highest BCUT2D eigenvalue weighted by atomic mass is 16.5. The zero-order chi connectivity index (χ0) is 12.5. The van der Waals surface area contributed by atoms with Gasteiger partial charge in [-0.1, -0.05) is 37.3 Å². The average molecular weight is 236 g/mol. The zero-order valence-corrected chi connectivity index (χ0v) is 10.2. The number of nitrogens with one attached hydrogen (secondary N) is 1. The summed E-state index contributed by atoms with van der Waals surface area (Å²) in [5.41, 5.74) is 3.40. The number of hydrogen-bond donors (Lipinski definition) is 2. The van der Waals surface area contributed by atoms with E-state index in [4.69, 9.17) is 10.6 Å². The standard InChI is InChI=1S/C13H20N2O2/c1-2-12(13(16)15-14)17-10-6-9-11-7-4-3-5-8-11/h3-5,7-8,12H,2,6,9-10,14H2,1H3,(H,15,16). The lowest BCUT2D eigenvalue weighted by Gasteiger charge is -2.13. The van der Waals surface area contributed by atoms with Crippen LogP contribution in [0.15, 0.2) is 30.3 Å².